The molecule has 1 atom stereocenters. The van der Waals surface area contributed by atoms with Gasteiger partial charge in [0.1, 0.15) is 5.75 Å². The van der Waals surface area contributed by atoms with Gasteiger partial charge in [-0.1, -0.05) is 12.1 Å². The van der Waals surface area contributed by atoms with Gasteiger partial charge in [-0.2, -0.15) is 0 Å². The van der Waals surface area contributed by atoms with Gasteiger partial charge in [0.2, 0.25) is 0 Å². The van der Waals surface area contributed by atoms with Gasteiger partial charge in [-0.25, -0.2) is 0 Å². The summed E-state index contributed by atoms with van der Waals surface area (Å²) in [4.78, 5) is 11.7. The number of rotatable bonds is 2. The number of amides is 1. The van der Waals surface area contributed by atoms with Gasteiger partial charge in [0.05, 0.1) is 5.69 Å². The Morgan fingerprint density at radius 3 is 2.75 bits per heavy atom. The predicted molar refractivity (Wildman–Crippen MR) is 62.6 cm³/mol. The number of nitrogens with two attached hydrogens (primary N) is 1. The molecule has 0 radical (unpaired) electrons. The van der Waals surface area contributed by atoms with Crippen LogP contribution in [0.2, 0.25) is 0 Å². The number of anilines is 1. The van der Waals surface area contributed by atoms with E-state index in [0.717, 1.165) is 22.6 Å². The molecule has 1 unspecified atom stereocenters. The lowest BCUT2D eigenvalue weighted by atomic mass is 10.1. The molecule has 16 heavy (non-hydrogen) atoms. The van der Waals surface area contributed by atoms with Crippen molar-refractivity contribution in [1.82, 2.24) is 0 Å². The Morgan fingerprint density at radius 1 is 1.38 bits per heavy atom. The van der Waals surface area contributed by atoms with Crippen LogP contribution < -0.4 is 15.8 Å². The van der Waals surface area contributed by atoms with Crippen molar-refractivity contribution in [1.29, 1.82) is 0 Å². The zero-order valence-corrected chi connectivity index (χ0v) is 9.54. The highest BCUT2D eigenvalue weighted by Gasteiger charge is 2.28. The fourth-order valence-electron chi connectivity index (χ4n) is 1.83. The fraction of sp³-hybridized carbons (Fsp3) is 0.417. The zero-order chi connectivity index (χ0) is 11.7. The lowest BCUT2D eigenvalue weighted by Gasteiger charge is -2.28. The summed E-state index contributed by atoms with van der Waals surface area (Å²) in [7, 11) is 0. The first-order valence-electron chi connectivity index (χ1n) is 5.41. The normalized spacial score (nSPS) is 18.7. The van der Waals surface area contributed by atoms with Crippen molar-refractivity contribution < 1.29 is 9.53 Å². The number of hydrogen-bond donors (Lipinski definition) is 2. The molecule has 4 heteroatoms. The van der Waals surface area contributed by atoms with Crippen molar-refractivity contribution in [2.45, 2.75) is 26.4 Å². The summed E-state index contributed by atoms with van der Waals surface area (Å²) >= 11 is 0. The summed E-state index contributed by atoms with van der Waals surface area (Å²) in [6.07, 6.45) is 0.0801. The van der Waals surface area contributed by atoms with Crippen molar-refractivity contribution in [2.24, 2.45) is 5.73 Å². The number of carbonyl (C=O) groups is 1. The molecule has 1 aromatic carbocycles. The van der Waals surface area contributed by atoms with E-state index in [0.29, 0.717) is 13.0 Å². The van der Waals surface area contributed by atoms with Crippen LogP contribution in [0.25, 0.3) is 0 Å². The number of ether oxygens (including phenoxy) is 1. The molecule has 0 saturated carbocycles. The predicted octanol–water partition coefficient (Wildman–Crippen LogP) is 1.35. The van der Waals surface area contributed by atoms with E-state index >= 15 is 0 Å². The molecule has 1 amide bonds. The average molecular weight is 220 g/mol. The molecule has 0 bridgehead atoms. The maximum atomic E-state index is 11.7. The van der Waals surface area contributed by atoms with E-state index in [1.807, 2.05) is 26.0 Å². The Balaban J connectivity index is 2.38. The molecule has 3 N–H and O–H groups in total. The van der Waals surface area contributed by atoms with Gasteiger partial charge in [0.15, 0.2) is 6.10 Å². The van der Waals surface area contributed by atoms with Crippen molar-refractivity contribution in [3.63, 3.8) is 0 Å². The van der Waals surface area contributed by atoms with E-state index in [9.17, 15) is 4.79 Å². The third-order valence-corrected chi connectivity index (χ3v) is 2.79. The summed E-state index contributed by atoms with van der Waals surface area (Å²) in [6.45, 7) is 4.36. The molecule has 0 spiro atoms. The molecule has 0 fully saturated rings. The van der Waals surface area contributed by atoms with E-state index in [1.165, 1.54) is 0 Å². The van der Waals surface area contributed by atoms with Gasteiger partial charge in [-0.05, 0) is 31.5 Å². The highest BCUT2D eigenvalue weighted by molar-refractivity contribution is 5.98. The lowest BCUT2D eigenvalue weighted by Crippen LogP contribution is -2.38. The van der Waals surface area contributed by atoms with E-state index in [4.69, 9.17) is 10.5 Å². The second-order valence-corrected chi connectivity index (χ2v) is 4.08. The van der Waals surface area contributed by atoms with Crippen LogP contribution in [-0.4, -0.2) is 18.6 Å². The van der Waals surface area contributed by atoms with E-state index in [-0.39, 0.29) is 5.91 Å². The standard InChI is InChI=1S/C12H16N2O2/c1-7-3-4-8(2)11-10(7)14-12(15)9(16-11)5-6-13/h3-4,9H,5-6,13H2,1-2H3,(H,14,15). The number of aryl methyl sites for hydroxylation is 2. The van der Waals surface area contributed by atoms with E-state index in [1.54, 1.807) is 0 Å². The molecular weight excluding hydrogens is 204 g/mol. The third-order valence-electron chi connectivity index (χ3n) is 2.79. The molecule has 4 nitrogen and oxygen atoms in total. The number of hydrogen-bond acceptors (Lipinski definition) is 3. The Kier molecular flexibility index (Phi) is 2.83. The van der Waals surface area contributed by atoms with Crippen molar-refractivity contribution >= 4 is 11.6 Å². The molecule has 0 saturated heterocycles. The van der Waals surface area contributed by atoms with Crippen molar-refractivity contribution in [2.75, 3.05) is 11.9 Å². The summed E-state index contributed by atoms with van der Waals surface area (Å²) in [5.41, 5.74) is 8.28. The average Bonchev–Trinajstić information content (AvgIpc) is 2.26. The fourth-order valence-corrected chi connectivity index (χ4v) is 1.83. The Bertz CT molecular complexity index is 429. The Labute approximate surface area is 94.8 Å². The minimum Gasteiger partial charge on any atom is -0.478 e. The highest BCUT2D eigenvalue weighted by atomic mass is 16.5. The van der Waals surface area contributed by atoms with Crippen molar-refractivity contribution in [3.05, 3.63) is 23.3 Å². The quantitative estimate of drug-likeness (QED) is 0.790. The van der Waals surface area contributed by atoms with Gasteiger partial charge in [0, 0.05) is 6.42 Å². The summed E-state index contributed by atoms with van der Waals surface area (Å²) in [5.74, 6) is 0.671. The van der Waals surface area contributed by atoms with Crippen molar-refractivity contribution in [3.8, 4) is 5.75 Å². The molecule has 86 valence electrons. The first kappa shape index (κ1) is 11.0. The number of carbonyl (C=O) groups excluding carboxylic acids is 1. The molecule has 2 rings (SSSR count). The monoisotopic (exact) mass is 220 g/mol. The maximum Gasteiger partial charge on any atom is 0.265 e. The maximum absolute atomic E-state index is 11.7. The minimum absolute atomic E-state index is 0.105. The van der Waals surface area contributed by atoms with Gasteiger partial charge < -0.3 is 15.8 Å². The SMILES string of the molecule is Cc1ccc(C)c2c1NC(=O)C(CCN)O2. The Morgan fingerprint density at radius 2 is 2.06 bits per heavy atom. The molecule has 1 aromatic rings. The first-order valence-corrected chi connectivity index (χ1v) is 5.41. The largest absolute Gasteiger partial charge is 0.478 e. The molecular formula is C12H16N2O2. The third kappa shape index (κ3) is 1.76. The topological polar surface area (TPSA) is 64.4 Å². The molecule has 1 aliphatic heterocycles. The number of nitrogens with one attached hydrogen (secondary N) is 1. The van der Waals surface area contributed by atoms with Crippen LogP contribution in [0.3, 0.4) is 0 Å². The van der Waals surface area contributed by atoms with Gasteiger partial charge in [0.25, 0.3) is 5.91 Å². The summed E-state index contributed by atoms with van der Waals surface area (Å²) in [5, 5.41) is 2.88. The molecule has 0 aliphatic carbocycles. The summed E-state index contributed by atoms with van der Waals surface area (Å²) in [6, 6.07) is 3.96. The van der Waals surface area contributed by atoms with Crippen LogP contribution in [0.5, 0.6) is 5.75 Å². The number of fused-ring (bicyclic) bond motifs is 1. The second-order valence-electron chi connectivity index (χ2n) is 4.08. The molecule has 0 aromatic heterocycles. The van der Waals surface area contributed by atoms with Gasteiger partial charge in [-0.3, -0.25) is 4.79 Å². The molecule has 1 aliphatic rings. The van der Waals surface area contributed by atoms with Crippen LogP contribution in [-0.2, 0) is 4.79 Å². The highest BCUT2D eigenvalue weighted by Crippen LogP contribution is 2.36. The van der Waals surface area contributed by atoms with Crippen LogP contribution >= 0.6 is 0 Å². The van der Waals surface area contributed by atoms with Gasteiger partial charge in [-0.15, -0.1) is 0 Å². The first-order chi connectivity index (χ1) is 7.63. The molecule has 1 heterocycles. The van der Waals surface area contributed by atoms with E-state index in [2.05, 4.69) is 5.32 Å². The zero-order valence-electron chi connectivity index (χ0n) is 9.54. The van der Waals surface area contributed by atoms with Gasteiger partial charge >= 0.3 is 0 Å². The lowest BCUT2D eigenvalue weighted by molar-refractivity contribution is -0.123. The van der Waals surface area contributed by atoms with E-state index < -0.39 is 6.10 Å². The van der Waals surface area contributed by atoms with Crippen LogP contribution in [0.4, 0.5) is 5.69 Å². The van der Waals surface area contributed by atoms with Crippen LogP contribution in [0, 0.1) is 13.8 Å². The smallest absolute Gasteiger partial charge is 0.265 e. The van der Waals surface area contributed by atoms with Crippen LogP contribution in [0.15, 0.2) is 12.1 Å². The number of benzene rings is 1. The second kappa shape index (κ2) is 4.14. The Hall–Kier alpha value is -1.55. The minimum atomic E-state index is -0.460. The summed E-state index contributed by atoms with van der Waals surface area (Å²) < 4.78 is 5.70. The van der Waals surface area contributed by atoms with Crippen LogP contribution in [0.1, 0.15) is 17.5 Å².